The van der Waals surface area contributed by atoms with Crippen LogP contribution in [0.3, 0.4) is 0 Å². The molecule has 0 heterocycles. The van der Waals surface area contributed by atoms with Gasteiger partial charge in [-0.2, -0.15) is 0 Å². The predicted molar refractivity (Wildman–Crippen MR) is 79.2 cm³/mol. The molecule has 0 aliphatic carbocycles. The molecule has 1 amide bonds. The van der Waals surface area contributed by atoms with Crippen LogP contribution in [0.1, 0.15) is 20.8 Å². The number of hydrogen-bond donors (Lipinski definition) is 2. The van der Waals surface area contributed by atoms with E-state index >= 15 is 0 Å². The van der Waals surface area contributed by atoms with Crippen molar-refractivity contribution >= 4 is 29.2 Å². The Morgan fingerprint density at radius 2 is 1.80 bits per heavy atom. The zero-order chi connectivity index (χ0) is 15.3. The molecule has 0 aliphatic rings. The lowest BCUT2D eigenvalue weighted by Crippen LogP contribution is -2.49. The number of carboxylic acids is 1. The van der Waals surface area contributed by atoms with Gasteiger partial charge in [0, 0.05) is 16.8 Å². The van der Waals surface area contributed by atoms with Crippen molar-refractivity contribution in [3.63, 3.8) is 0 Å². The van der Waals surface area contributed by atoms with Crippen molar-refractivity contribution in [1.29, 1.82) is 0 Å². The number of halogens is 1. The van der Waals surface area contributed by atoms with E-state index in [1.807, 2.05) is 13.8 Å². The number of hydrogen-bond acceptors (Lipinski definition) is 3. The van der Waals surface area contributed by atoms with Crippen molar-refractivity contribution in [3.8, 4) is 0 Å². The molecule has 0 radical (unpaired) electrons. The number of anilines is 1. The highest BCUT2D eigenvalue weighted by Gasteiger charge is 2.24. The molecule has 1 unspecified atom stereocenters. The summed E-state index contributed by atoms with van der Waals surface area (Å²) in [5.41, 5.74) is 0.642. The standard InChI is InChI=1S/C14H19ClN2O3/c1-9(2)16-14(20)10(3)17(8-13(18)19)12-6-4-11(15)5-7-12/h4-7,9-10H,8H2,1-3H3,(H,16,20)(H,18,19). The molecule has 0 spiro atoms. The lowest BCUT2D eigenvalue weighted by molar-refractivity contribution is -0.135. The normalized spacial score (nSPS) is 12.1. The second kappa shape index (κ2) is 7.14. The van der Waals surface area contributed by atoms with Gasteiger partial charge in [0.2, 0.25) is 5.91 Å². The minimum atomic E-state index is -0.996. The highest BCUT2D eigenvalue weighted by atomic mass is 35.5. The first-order valence-electron chi connectivity index (χ1n) is 6.35. The van der Waals surface area contributed by atoms with Gasteiger partial charge in [-0.25, -0.2) is 0 Å². The topological polar surface area (TPSA) is 69.6 Å². The monoisotopic (exact) mass is 298 g/mol. The minimum absolute atomic E-state index is 0.00171. The van der Waals surface area contributed by atoms with Crippen molar-refractivity contribution in [3.05, 3.63) is 29.3 Å². The van der Waals surface area contributed by atoms with Gasteiger partial charge in [-0.1, -0.05) is 11.6 Å². The Balaban J connectivity index is 2.96. The second-order valence-corrected chi connectivity index (χ2v) is 5.27. The Labute approximate surface area is 123 Å². The second-order valence-electron chi connectivity index (χ2n) is 4.84. The van der Waals surface area contributed by atoms with Gasteiger partial charge in [0.05, 0.1) is 0 Å². The SMILES string of the molecule is CC(C)NC(=O)C(C)N(CC(=O)O)c1ccc(Cl)cc1. The summed E-state index contributed by atoms with van der Waals surface area (Å²) in [5.74, 6) is -1.21. The molecule has 0 bridgehead atoms. The van der Waals surface area contributed by atoms with Crippen molar-refractivity contribution in [2.24, 2.45) is 0 Å². The third-order valence-corrected chi connectivity index (χ3v) is 2.99. The van der Waals surface area contributed by atoms with E-state index in [1.54, 1.807) is 31.2 Å². The van der Waals surface area contributed by atoms with Crippen LogP contribution in [-0.2, 0) is 9.59 Å². The number of nitrogens with zero attached hydrogens (tertiary/aromatic N) is 1. The van der Waals surface area contributed by atoms with E-state index in [-0.39, 0.29) is 18.5 Å². The van der Waals surface area contributed by atoms with Crippen LogP contribution in [0.4, 0.5) is 5.69 Å². The molecule has 5 nitrogen and oxygen atoms in total. The van der Waals surface area contributed by atoms with Gasteiger partial charge >= 0.3 is 5.97 Å². The van der Waals surface area contributed by atoms with Gasteiger partial charge in [-0.15, -0.1) is 0 Å². The average molecular weight is 299 g/mol. The molecule has 0 saturated heterocycles. The van der Waals surface area contributed by atoms with E-state index in [0.29, 0.717) is 10.7 Å². The Bertz CT molecular complexity index is 474. The maximum Gasteiger partial charge on any atom is 0.323 e. The number of aliphatic carboxylic acids is 1. The molecule has 1 rings (SSSR count). The summed E-state index contributed by atoms with van der Waals surface area (Å²) < 4.78 is 0. The zero-order valence-corrected chi connectivity index (χ0v) is 12.5. The van der Waals surface area contributed by atoms with Gasteiger partial charge in [0.15, 0.2) is 0 Å². The van der Waals surface area contributed by atoms with Crippen LogP contribution in [0, 0.1) is 0 Å². The molecule has 0 fully saturated rings. The Morgan fingerprint density at radius 1 is 1.25 bits per heavy atom. The third kappa shape index (κ3) is 4.74. The van der Waals surface area contributed by atoms with Gasteiger partial charge in [-0.3, -0.25) is 9.59 Å². The highest BCUT2D eigenvalue weighted by molar-refractivity contribution is 6.30. The van der Waals surface area contributed by atoms with E-state index in [2.05, 4.69) is 5.32 Å². The number of carboxylic acid groups (broad SMARTS) is 1. The maximum atomic E-state index is 12.0. The number of carbonyl (C=O) groups is 2. The number of amides is 1. The van der Waals surface area contributed by atoms with E-state index in [0.717, 1.165) is 0 Å². The van der Waals surface area contributed by atoms with Gasteiger partial charge in [0.25, 0.3) is 0 Å². The van der Waals surface area contributed by atoms with Crippen LogP contribution < -0.4 is 10.2 Å². The molecule has 20 heavy (non-hydrogen) atoms. The largest absolute Gasteiger partial charge is 0.480 e. The minimum Gasteiger partial charge on any atom is -0.480 e. The predicted octanol–water partition coefficient (Wildman–Crippen LogP) is 2.14. The smallest absolute Gasteiger partial charge is 0.323 e. The molecule has 0 aromatic heterocycles. The summed E-state index contributed by atoms with van der Waals surface area (Å²) in [6.45, 7) is 5.13. The van der Waals surface area contributed by atoms with E-state index in [4.69, 9.17) is 16.7 Å². The summed E-state index contributed by atoms with van der Waals surface area (Å²) in [4.78, 5) is 24.6. The van der Waals surface area contributed by atoms with Crippen LogP contribution in [-0.4, -0.2) is 35.6 Å². The fraction of sp³-hybridized carbons (Fsp3) is 0.429. The van der Waals surface area contributed by atoms with Gasteiger partial charge in [0.1, 0.15) is 12.6 Å². The van der Waals surface area contributed by atoms with E-state index in [1.165, 1.54) is 4.90 Å². The molecule has 110 valence electrons. The summed E-state index contributed by atoms with van der Waals surface area (Å²) in [7, 11) is 0. The average Bonchev–Trinajstić information content (AvgIpc) is 2.35. The van der Waals surface area contributed by atoms with Crippen molar-refractivity contribution < 1.29 is 14.7 Å². The highest BCUT2D eigenvalue weighted by Crippen LogP contribution is 2.20. The first kappa shape index (κ1) is 16.3. The molecule has 1 aromatic rings. The molecule has 0 saturated carbocycles. The van der Waals surface area contributed by atoms with E-state index in [9.17, 15) is 9.59 Å². The fourth-order valence-corrected chi connectivity index (χ4v) is 1.90. The summed E-state index contributed by atoms with van der Waals surface area (Å²) in [6.07, 6.45) is 0. The molecule has 2 N–H and O–H groups in total. The Hall–Kier alpha value is -1.75. The number of rotatable bonds is 6. The van der Waals surface area contributed by atoms with Crippen molar-refractivity contribution in [1.82, 2.24) is 5.32 Å². The molecular formula is C14H19ClN2O3. The number of nitrogens with one attached hydrogen (secondary N) is 1. The van der Waals surface area contributed by atoms with Crippen LogP contribution in [0.25, 0.3) is 0 Å². The lowest BCUT2D eigenvalue weighted by atomic mass is 10.2. The molecule has 1 atom stereocenters. The van der Waals surface area contributed by atoms with E-state index < -0.39 is 12.0 Å². The fourth-order valence-electron chi connectivity index (χ4n) is 1.78. The van der Waals surface area contributed by atoms with Crippen molar-refractivity contribution in [2.45, 2.75) is 32.9 Å². The summed E-state index contributed by atoms with van der Waals surface area (Å²) in [5, 5.41) is 12.3. The number of carbonyl (C=O) groups excluding carboxylic acids is 1. The molecular weight excluding hydrogens is 280 g/mol. The Morgan fingerprint density at radius 3 is 2.25 bits per heavy atom. The first-order valence-corrected chi connectivity index (χ1v) is 6.73. The molecule has 1 aromatic carbocycles. The van der Waals surface area contributed by atoms with Gasteiger partial charge in [-0.05, 0) is 45.0 Å². The maximum absolute atomic E-state index is 12.0. The first-order chi connectivity index (χ1) is 9.31. The number of benzene rings is 1. The molecule has 0 aliphatic heterocycles. The van der Waals surface area contributed by atoms with Crippen molar-refractivity contribution in [2.75, 3.05) is 11.4 Å². The lowest BCUT2D eigenvalue weighted by Gasteiger charge is -2.29. The zero-order valence-electron chi connectivity index (χ0n) is 11.8. The van der Waals surface area contributed by atoms with Gasteiger partial charge < -0.3 is 15.3 Å². The van der Waals surface area contributed by atoms with Crippen LogP contribution >= 0.6 is 11.6 Å². The summed E-state index contributed by atoms with van der Waals surface area (Å²) in [6, 6.07) is 6.14. The Kier molecular flexibility index (Phi) is 5.82. The van der Waals surface area contributed by atoms with Crippen LogP contribution in [0.2, 0.25) is 5.02 Å². The molecule has 6 heteroatoms. The van der Waals surface area contributed by atoms with Crippen LogP contribution in [0.5, 0.6) is 0 Å². The summed E-state index contributed by atoms with van der Waals surface area (Å²) >= 11 is 5.82. The third-order valence-electron chi connectivity index (χ3n) is 2.74. The quantitative estimate of drug-likeness (QED) is 0.844. The van der Waals surface area contributed by atoms with Crippen LogP contribution in [0.15, 0.2) is 24.3 Å².